The first kappa shape index (κ1) is 21.9. The fraction of sp³-hybridized carbons (Fsp3) is 0.429. The van der Waals surface area contributed by atoms with Crippen LogP contribution < -0.4 is 10.9 Å². The fourth-order valence-corrected chi connectivity index (χ4v) is 8.67. The Labute approximate surface area is 171 Å². The van der Waals surface area contributed by atoms with Crippen LogP contribution in [0.3, 0.4) is 0 Å². The average molecular weight is 407 g/mol. The quantitative estimate of drug-likeness (QED) is 0.461. The monoisotopic (exact) mass is 406 g/mol. The normalized spacial score (nSPS) is 14.3. The highest BCUT2D eigenvalue weighted by Gasteiger charge is 2.52. The van der Waals surface area contributed by atoms with Crippen LogP contribution in [-0.2, 0) is 0 Å². The summed E-state index contributed by atoms with van der Waals surface area (Å²) in [4.78, 5) is 0. The van der Waals surface area contributed by atoms with E-state index in [2.05, 4.69) is 85.8 Å². The van der Waals surface area contributed by atoms with Crippen molar-refractivity contribution >= 4 is 52.2 Å². The van der Waals surface area contributed by atoms with Crippen molar-refractivity contribution in [2.45, 2.75) is 41.5 Å². The van der Waals surface area contributed by atoms with Gasteiger partial charge in [-0.25, -0.2) is 11.5 Å². The van der Waals surface area contributed by atoms with Crippen LogP contribution in [0.1, 0.15) is 33.4 Å². The number of rotatable bonds is 4. The molecule has 0 aliphatic carbocycles. The van der Waals surface area contributed by atoms with E-state index in [1.807, 2.05) is 0 Å². The summed E-state index contributed by atoms with van der Waals surface area (Å²) in [6, 6.07) is 8.72. The zero-order valence-corrected chi connectivity index (χ0v) is 20.1. The SMILES string of the molecule is Cc1cc(C)c(B(Cl)[B@-](Cl)(c2c(C)cc(C)cc2C)[P+](C)(C)C)c(C)c1. The number of benzene rings is 2. The second-order valence-corrected chi connectivity index (χ2v) is 15.4. The van der Waals surface area contributed by atoms with Gasteiger partial charge in [0, 0.05) is 20.0 Å². The van der Waals surface area contributed by atoms with Crippen molar-refractivity contribution in [2.75, 3.05) is 20.0 Å². The highest BCUT2D eigenvalue weighted by Crippen LogP contribution is 2.60. The molecule has 140 valence electrons. The number of aryl methyl sites for hydroxylation is 6. The predicted molar refractivity (Wildman–Crippen MR) is 128 cm³/mol. The number of hydrogen-bond donors (Lipinski definition) is 0. The molecule has 0 saturated carbocycles. The predicted octanol–water partition coefficient (Wildman–Crippen LogP) is 5.55. The molecule has 2 rings (SSSR count). The molecule has 0 N–H and O–H groups in total. The second-order valence-electron chi connectivity index (χ2n) is 8.92. The third kappa shape index (κ3) is 3.76. The highest BCUT2D eigenvalue weighted by molar-refractivity contribution is 8.25. The fourth-order valence-electron chi connectivity index (χ4n) is 4.60. The third-order valence-corrected chi connectivity index (χ3v) is 11.6. The van der Waals surface area contributed by atoms with Crippen LogP contribution in [0, 0.1) is 41.5 Å². The summed E-state index contributed by atoms with van der Waals surface area (Å²) in [7, 11) is -1.51. The van der Waals surface area contributed by atoms with Gasteiger partial charge in [-0.05, 0) is 41.5 Å². The van der Waals surface area contributed by atoms with Gasteiger partial charge < -0.3 is 11.5 Å². The molecule has 2 aromatic carbocycles. The lowest BCUT2D eigenvalue weighted by Gasteiger charge is -2.45. The van der Waals surface area contributed by atoms with Crippen molar-refractivity contribution in [3.05, 3.63) is 57.6 Å². The van der Waals surface area contributed by atoms with Crippen LogP contribution in [0.4, 0.5) is 0 Å². The topological polar surface area (TPSA) is 0 Å². The molecule has 0 radical (unpaired) electrons. The van der Waals surface area contributed by atoms with Gasteiger partial charge in [-0.2, -0.15) is 5.46 Å². The van der Waals surface area contributed by atoms with Gasteiger partial charge >= 0.3 is 0 Å². The van der Waals surface area contributed by atoms with Crippen LogP contribution in [0.2, 0.25) is 0 Å². The molecule has 0 aromatic heterocycles. The Morgan fingerprint density at radius 1 is 0.731 bits per heavy atom. The highest BCUT2D eigenvalue weighted by atomic mass is 35.5. The van der Waals surface area contributed by atoms with E-state index >= 15 is 0 Å². The van der Waals surface area contributed by atoms with Crippen molar-refractivity contribution in [1.29, 1.82) is 0 Å². The molecule has 0 saturated heterocycles. The van der Waals surface area contributed by atoms with E-state index in [1.54, 1.807) is 0 Å². The summed E-state index contributed by atoms with van der Waals surface area (Å²) >= 11 is 15.0. The molecule has 1 atom stereocenters. The molecule has 0 aliphatic heterocycles. The van der Waals surface area contributed by atoms with Crippen molar-refractivity contribution in [2.24, 2.45) is 0 Å². The Hall–Kier alpha value is -0.420. The van der Waals surface area contributed by atoms with Crippen LogP contribution in [-0.4, -0.2) is 31.2 Å². The van der Waals surface area contributed by atoms with Crippen LogP contribution in [0.25, 0.3) is 0 Å². The van der Waals surface area contributed by atoms with E-state index < -0.39 is 12.3 Å². The average Bonchev–Trinajstić information content (AvgIpc) is 2.43. The molecule has 0 amide bonds. The summed E-state index contributed by atoms with van der Waals surface area (Å²) in [6.45, 7) is 19.9. The van der Waals surface area contributed by atoms with Gasteiger partial charge in [0.2, 0.25) is 0 Å². The molecule has 26 heavy (non-hydrogen) atoms. The standard InChI is InChI=1S/C21H31B2Cl2P/c1-14-10-16(3)20(17(4)11-14)22(24)23(25,26(7,8)9)21-18(5)12-15(2)13-19(21)6/h10-13H,1-9H3/t23-/m0/s1. The first-order valence-corrected chi connectivity index (χ1v) is 13.3. The summed E-state index contributed by atoms with van der Waals surface area (Å²) in [5.41, 5.74) is 10.0. The lowest BCUT2D eigenvalue weighted by molar-refractivity contribution is 1.35. The Balaban J connectivity index is 2.82. The lowest BCUT2D eigenvalue weighted by atomic mass is 9.27. The number of hydrogen-bond acceptors (Lipinski definition) is 0. The van der Waals surface area contributed by atoms with E-state index in [4.69, 9.17) is 22.9 Å². The van der Waals surface area contributed by atoms with E-state index in [9.17, 15) is 0 Å². The summed E-state index contributed by atoms with van der Waals surface area (Å²) in [5.74, 6) is 0. The van der Waals surface area contributed by atoms with E-state index in [1.165, 1.54) is 44.3 Å². The van der Waals surface area contributed by atoms with Gasteiger partial charge in [-0.3, -0.25) is 0 Å². The molecular formula is C21H31B2Cl2P. The molecule has 0 nitrogen and oxygen atoms in total. The van der Waals surface area contributed by atoms with Gasteiger partial charge in [0.05, 0.1) is 0 Å². The summed E-state index contributed by atoms with van der Waals surface area (Å²) < 4.78 is 0. The third-order valence-electron chi connectivity index (χ3n) is 5.67. The van der Waals surface area contributed by atoms with Crippen LogP contribution >= 0.6 is 30.1 Å². The Morgan fingerprint density at radius 3 is 1.42 bits per heavy atom. The second kappa shape index (κ2) is 7.54. The summed E-state index contributed by atoms with van der Waals surface area (Å²) in [5, 5.41) is -1.47. The van der Waals surface area contributed by atoms with Gasteiger partial charge in [0.15, 0.2) is 6.02 Å². The molecule has 0 fully saturated rings. The largest absolute Gasteiger partial charge is 0.337 e. The van der Waals surface area contributed by atoms with E-state index in [0.717, 1.165) is 0 Å². The molecular weight excluding hydrogens is 376 g/mol. The summed E-state index contributed by atoms with van der Waals surface area (Å²) in [6.07, 6.45) is 0. The first-order chi connectivity index (χ1) is 11.8. The van der Waals surface area contributed by atoms with Crippen LogP contribution in [0.15, 0.2) is 24.3 Å². The molecule has 5 heteroatoms. The Kier molecular flexibility index (Phi) is 6.34. The molecule has 0 unspecified atom stereocenters. The zero-order chi connectivity index (χ0) is 20.0. The van der Waals surface area contributed by atoms with E-state index in [-0.39, 0.29) is 6.02 Å². The maximum atomic E-state index is 7.65. The minimum Gasteiger partial charge on any atom is -0.337 e. The lowest BCUT2D eigenvalue weighted by Crippen LogP contribution is -2.62. The van der Waals surface area contributed by atoms with Gasteiger partial charge in [0.25, 0.3) is 5.17 Å². The first-order valence-electron chi connectivity index (χ1n) is 9.26. The minimum atomic E-state index is -1.51. The Bertz CT molecular complexity index is 796. The maximum absolute atomic E-state index is 7.65. The van der Waals surface area contributed by atoms with Gasteiger partial charge in [0.1, 0.15) is 0 Å². The molecule has 0 bridgehead atoms. The van der Waals surface area contributed by atoms with Gasteiger partial charge in [-0.15, -0.1) is 7.14 Å². The molecule has 0 aliphatic rings. The van der Waals surface area contributed by atoms with Crippen molar-refractivity contribution in [1.82, 2.24) is 0 Å². The number of halogens is 2. The van der Waals surface area contributed by atoms with Gasteiger partial charge in [-0.1, -0.05) is 63.1 Å². The zero-order valence-electron chi connectivity index (χ0n) is 17.7. The Morgan fingerprint density at radius 2 is 1.08 bits per heavy atom. The van der Waals surface area contributed by atoms with Crippen molar-refractivity contribution in [3.8, 4) is 0 Å². The van der Waals surface area contributed by atoms with Crippen molar-refractivity contribution < 1.29 is 0 Å². The minimum absolute atomic E-state index is 0.217. The molecule has 0 spiro atoms. The molecule has 0 heterocycles. The van der Waals surface area contributed by atoms with Crippen LogP contribution in [0.5, 0.6) is 0 Å². The smallest absolute Gasteiger partial charge is 0.263 e. The van der Waals surface area contributed by atoms with Crippen molar-refractivity contribution in [3.63, 3.8) is 0 Å². The maximum Gasteiger partial charge on any atom is 0.263 e. The molecule has 2 aromatic rings. The van der Waals surface area contributed by atoms with E-state index in [0.29, 0.717) is 0 Å².